The molecule has 0 aromatic heterocycles. The van der Waals surface area contributed by atoms with Crippen molar-refractivity contribution in [2.75, 3.05) is 0 Å². The Morgan fingerprint density at radius 2 is 2.10 bits per heavy atom. The SMILES string of the molecule is CC(=O)Oc1cc(OC(F)(F)CC#N)ccc1C(C)C. The number of carbonyl (C=O) groups excluding carboxylic acids is 1. The number of benzene rings is 1. The Morgan fingerprint density at radius 1 is 1.45 bits per heavy atom. The zero-order chi connectivity index (χ0) is 15.3. The number of halogens is 2. The first-order chi connectivity index (χ1) is 9.25. The molecule has 0 unspecified atom stereocenters. The van der Waals surface area contributed by atoms with Gasteiger partial charge in [-0.25, -0.2) is 0 Å². The first kappa shape index (κ1) is 15.9. The predicted octanol–water partition coefficient (Wildman–Crippen LogP) is 3.62. The van der Waals surface area contributed by atoms with Crippen LogP contribution in [-0.2, 0) is 4.79 Å². The highest BCUT2D eigenvalue weighted by molar-refractivity contribution is 5.70. The van der Waals surface area contributed by atoms with Crippen LogP contribution >= 0.6 is 0 Å². The van der Waals surface area contributed by atoms with E-state index < -0.39 is 18.5 Å². The summed E-state index contributed by atoms with van der Waals surface area (Å²) in [5.74, 6) is -0.477. The monoisotopic (exact) mass is 283 g/mol. The fraction of sp³-hybridized carbons (Fsp3) is 0.429. The quantitative estimate of drug-likeness (QED) is 0.611. The molecule has 20 heavy (non-hydrogen) atoms. The Kier molecular flexibility index (Phi) is 5.03. The molecule has 0 bridgehead atoms. The Labute approximate surface area is 115 Å². The van der Waals surface area contributed by atoms with Gasteiger partial charge in [0, 0.05) is 13.0 Å². The number of carbonyl (C=O) groups is 1. The van der Waals surface area contributed by atoms with Crippen molar-refractivity contribution in [2.24, 2.45) is 0 Å². The van der Waals surface area contributed by atoms with Gasteiger partial charge in [0.05, 0.1) is 6.07 Å². The van der Waals surface area contributed by atoms with Crippen LogP contribution < -0.4 is 9.47 Å². The Balaban J connectivity index is 3.06. The van der Waals surface area contributed by atoms with E-state index in [9.17, 15) is 13.6 Å². The fourth-order valence-electron chi connectivity index (χ4n) is 1.60. The maximum Gasteiger partial charge on any atom is 0.411 e. The summed E-state index contributed by atoms with van der Waals surface area (Å²) < 4.78 is 35.9. The summed E-state index contributed by atoms with van der Waals surface area (Å²) in [4.78, 5) is 11.0. The molecule has 0 aliphatic rings. The lowest BCUT2D eigenvalue weighted by Crippen LogP contribution is -2.23. The fourth-order valence-corrected chi connectivity index (χ4v) is 1.60. The van der Waals surface area contributed by atoms with Crippen molar-refractivity contribution in [2.45, 2.75) is 39.2 Å². The molecule has 0 atom stereocenters. The molecule has 0 heterocycles. The third-order valence-electron chi connectivity index (χ3n) is 2.41. The summed E-state index contributed by atoms with van der Waals surface area (Å²) in [7, 11) is 0. The smallest absolute Gasteiger partial charge is 0.411 e. The van der Waals surface area contributed by atoms with E-state index in [1.807, 2.05) is 13.8 Å². The summed E-state index contributed by atoms with van der Waals surface area (Å²) in [6, 6.07) is 5.48. The number of ether oxygens (including phenoxy) is 2. The van der Waals surface area contributed by atoms with Gasteiger partial charge in [0.15, 0.2) is 0 Å². The third-order valence-corrected chi connectivity index (χ3v) is 2.41. The molecule has 0 radical (unpaired) electrons. The van der Waals surface area contributed by atoms with Crippen molar-refractivity contribution in [3.63, 3.8) is 0 Å². The standard InChI is InChI=1S/C14H15F2NO3/c1-9(2)12-5-4-11(8-13(12)19-10(3)18)20-14(15,16)6-7-17/h4-5,8-9H,6H2,1-3H3. The normalized spacial score (nSPS) is 11.1. The van der Waals surface area contributed by atoms with Crippen LogP contribution in [0.15, 0.2) is 18.2 Å². The first-order valence-electron chi connectivity index (χ1n) is 6.01. The zero-order valence-electron chi connectivity index (χ0n) is 11.4. The van der Waals surface area contributed by atoms with E-state index in [-0.39, 0.29) is 17.4 Å². The van der Waals surface area contributed by atoms with E-state index >= 15 is 0 Å². The summed E-state index contributed by atoms with van der Waals surface area (Å²) in [6.45, 7) is 4.99. The van der Waals surface area contributed by atoms with E-state index in [0.717, 1.165) is 0 Å². The van der Waals surface area contributed by atoms with Gasteiger partial charge >= 0.3 is 12.1 Å². The van der Waals surface area contributed by atoms with Gasteiger partial charge in [-0.3, -0.25) is 4.79 Å². The van der Waals surface area contributed by atoms with E-state index in [1.54, 1.807) is 6.07 Å². The second-order valence-electron chi connectivity index (χ2n) is 4.52. The maximum absolute atomic E-state index is 13.2. The van der Waals surface area contributed by atoms with E-state index in [0.29, 0.717) is 5.56 Å². The van der Waals surface area contributed by atoms with Crippen LogP contribution in [0.25, 0.3) is 0 Å². The number of hydrogen-bond acceptors (Lipinski definition) is 4. The molecule has 0 amide bonds. The average molecular weight is 283 g/mol. The maximum atomic E-state index is 13.2. The highest BCUT2D eigenvalue weighted by atomic mass is 19.3. The second-order valence-corrected chi connectivity index (χ2v) is 4.52. The predicted molar refractivity (Wildman–Crippen MR) is 67.6 cm³/mol. The van der Waals surface area contributed by atoms with E-state index in [1.165, 1.54) is 25.1 Å². The summed E-state index contributed by atoms with van der Waals surface area (Å²) in [5.41, 5.74) is 0.705. The number of hydrogen-bond donors (Lipinski definition) is 0. The molecule has 0 aliphatic carbocycles. The third kappa shape index (κ3) is 4.50. The molecular weight excluding hydrogens is 268 g/mol. The van der Waals surface area contributed by atoms with Gasteiger partial charge in [0.25, 0.3) is 0 Å². The highest BCUT2D eigenvalue weighted by Crippen LogP contribution is 2.33. The minimum absolute atomic E-state index is 0.0537. The Morgan fingerprint density at radius 3 is 2.60 bits per heavy atom. The van der Waals surface area contributed by atoms with Crippen LogP contribution in [0.5, 0.6) is 11.5 Å². The molecule has 0 aliphatic heterocycles. The molecule has 1 rings (SSSR count). The van der Waals surface area contributed by atoms with Crippen LogP contribution in [0.2, 0.25) is 0 Å². The molecule has 1 aromatic rings. The van der Waals surface area contributed by atoms with Gasteiger partial charge in [0.2, 0.25) is 0 Å². The Hall–Kier alpha value is -2.16. The van der Waals surface area contributed by atoms with Crippen LogP contribution in [0, 0.1) is 11.3 Å². The number of nitrogens with zero attached hydrogens (tertiary/aromatic N) is 1. The molecule has 1 aromatic carbocycles. The molecule has 0 saturated heterocycles. The van der Waals surface area contributed by atoms with Gasteiger partial charge in [0.1, 0.15) is 17.9 Å². The van der Waals surface area contributed by atoms with Crippen molar-refractivity contribution < 1.29 is 23.0 Å². The number of esters is 1. The second kappa shape index (κ2) is 6.33. The van der Waals surface area contributed by atoms with Crippen molar-refractivity contribution in [1.29, 1.82) is 5.26 Å². The summed E-state index contributed by atoms with van der Waals surface area (Å²) in [6.07, 6.45) is -4.64. The average Bonchev–Trinajstić information content (AvgIpc) is 2.26. The lowest BCUT2D eigenvalue weighted by Gasteiger charge is -2.17. The summed E-state index contributed by atoms with van der Waals surface area (Å²) >= 11 is 0. The zero-order valence-corrected chi connectivity index (χ0v) is 11.4. The first-order valence-corrected chi connectivity index (χ1v) is 6.01. The number of rotatable bonds is 5. The highest BCUT2D eigenvalue weighted by Gasteiger charge is 2.31. The van der Waals surface area contributed by atoms with Gasteiger partial charge in [-0.05, 0) is 17.5 Å². The van der Waals surface area contributed by atoms with Crippen molar-refractivity contribution in [3.05, 3.63) is 23.8 Å². The van der Waals surface area contributed by atoms with Crippen LogP contribution in [0.1, 0.15) is 38.7 Å². The molecule has 0 N–H and O–H groups in total. The largest absolute Gasteiger partial charge is 0.432 e. The lowest BCUT2D eigenvalue weighted by atomic mass is 10.0. The van der Waals surface area contributed by atoms with Gasteiger partial charge in [-0.15, -0.1) is 0 Å². The minimum Gasteiger partial charge on any atom is -0.432 e. The number of nitriles is 1. The molecule has 0 fully saturated rings. The molecule has 6 heteroatoms. The van der Waals surface area contributed by atoms with Crippen molar-refractivity contribution in [1.82, 2.24) is 0 Å². The Bertz CT molecular complexity index is 536. The van der Waals surface area contributed by atoms with Crippen molar-refractivity contribution >= 4 is 5.97 Å². The van der Waals surface area contributed by atoms with E-state index in [4.69, 9.17) is 10.00 Å². The van der Waals surface area contributed by atoms with Gasteiger partial charge in [-0.2, -0.15) is 14.0 Å². The van der Waals surface area contributed by atoms with Gasteiger partial charge in [-0.1, -0.05) is 19.9 Å². The van der Waals surface area contributed by atoms with E-state index in [2.05, 4.69) is 4.74 Å². The summed E-state index contributed by atoms with van der Waals surface area (Å²) in [5, 5.41) is 8.29. The number of alkyl halides is 2. The van der Waals surface area contributed by atoms with Crippen LogP contribution in [0.4, 0.5) is 8.78 Å². The minimum atomic E-state index is -3.58. The molecule has 0 spiro atoms. The molecular formula is C14H15F2NO3. The lowest BCUT2D eigenvalue weighted by molar-refractivity contribution is -0.171. The topological polar surface area (TPSA) is 59.3 Å². The molecule has 4 nitrogen and oxygen atoms in total. The molecule has 0 saturated carbocycles. The molecule has 108 valence electrons. The van der Waals surface area contributed by atoms with Crippen LogP contribution in [0.3, 0.4) is 0 Å². The van der Waals surface area contributed by atoms with Gasteiger partial charge < -0.3 is 9.47 Å². The van der Waals surface area contributed by atoms with Crippen molar-refractivity contribution in [3.8, 4) is 17.6 Å². The van der Waals surface area contributed by atoms with Crippen LogP contribution in [-0.4, -0.2) is 12.1 Å².